The van der Waals surface area contributed by atoms with Crippen molar-refractivity contribution in [1.29, 1.82) is 0 Å². The van der Waals surface area contributed by atoms with Crippen LogP contribution in [-0.2, 0) is 6.18 Å². The van der Waals surface area contributed by atoms with E-state index in [0.29, 0.717) is 29.6 Å². The van der Waals surface area contributed by atoms with Gasteiger partial charge in [-0.3, -0.25) is 0 Å². The molecule has 0 saturated heterocycles. The van der Waals surface area contributed by atoms with E-state index < -0.39 is 22.9 Å². The molecule has 3 rings (SSSR count). The van der Waals surface area contributed by atoms with E-state index in [1.54, 1.807) is 6.07 Å². The molecule has 33 heavy (non-hydrogen) atoms. The minimum Gasteiger partial charge on any atom is -0.387 e. The molecule has 2 aromatic carbocycles. The van der Waals surface area contributed by atoms with Gasteiger partial charge in [-0.2, -0.15) is 18.2 Å². The molecule has 6 nitrogen and oxygen atoms in total. The van der Waals surface area contributed by atoms with Gasteiger partial charge in [-0.15, -0.1) is 0 Å². The molecule has 0 spiro atoms. The maximum Gasteiger partial charge on any atom is 0.417 e. The molecular formula is C23H25ClF3N5O. The molecule has 1 heterocycles. The Bertz CT molecular complexity index is 1060. The lowest BCUT2D eigenvalue weighted by atomic mass is 10.1. The van der Waals surface area contributed by atoms with Crippen molar-refractivity contribution in [2.45, 2.75) is 12.3 Å². The Morgan fingerprint density at radius 3 is 2.39 bits per heavy atom. The third-order valence-electron chi connectivity index (χ3n) is 4.80. The van der Waals surface area contributed by atoms with E-state index in [1.165, 1.54) is 12.1 Å². The Hall–Kier alpha value is -2.88. The fraction of sp³-hybridized carbons (Fsp3) is 0.304. The van der Waals surface area contributed by atoms with Crippen LogP contribution >= 0.6 is 11.6 Å². The first-order chi connectivity index (χ1) is 15.6. The van der Waals surface area contributed by atoms with Gasteiger partial charge in [-0.25, -0.2) is 4.98 Å². The summed E-state index contributed by atoms with van der Waals surface area (Å²) in [6.07, 6.45) is -5.31. The van der Waals surface area contributed by atoms with Gasteiger partial charge in [0.25, 0.3) is 0 Å². The highest BCUT2D eigenvalue weighted by Crippen LogP contribution is 2.36. The highest BCUT2D eigenvalue weighted by atomic mass is 35.5. The van der Waals surface area contributed by atoms with Crippen LogP contribution in [0.15, 0.2) is 54.6 Å². The molecule has 0 bridgehead atoms. The van der Waals surface area contributed by atoms with Crippen LogP contribution in [0.1, 0.15) is 17.2 Å². The first-order valence-electron chi connectivity index (χ1n) is 10.2. The van der Waals surface area contributed by atoms with Crippen LogP contribution in [0.25, 0.3) is 11.3 Å². The van der Waals surface area contributed by atoms with Crippen LogP contribution in [0.3, 0.4) is 0 Å². The Morgan fingerprint density at radius 1 is 1.03 bits per heavy atom. The van der Waals surface area contributed by atoms with Gasteiger partial charge in [-0.1, -0.05) is 48.0 Å². The van der Waals surface area contributed by atoms with E-state index in [9.17, 15) is 18.3 Å². The number of aromatic nitrogens is 2. The van der Waals surface area contributed by atoms with Gasteiger partial charge in [-0.05, 0) is 31.8 Å². The third-order valence-corrected chi connectivity index (χ3v) is 5.11. The summed E-state index contributed by atoms with van der Waals surface area (Å²) in [6.45, 7) is 1.48. The lowest BCUT2D eigenvalue weighted by Crippen LogP contribution is -2.22. The zero-order valence-electron chi connectivity index (χ0n) is 18.2. The molecule has 0 amide bonds. The van der Waals surface area contributed by atoms with Crippen LogP contribution in [0, 0.1) is 0 Å². The highest BCUT2D eigenvalue weighted by Gasteiger charge is 2.33. The van der Waals surface area contributed by atoms with E-state index in [1.807, 2.05) is 49.3 Å². The van der Waals surface area contributed by atoms with Gasteiger partial charge in [0.1, 0.15) is 5.82 Å². The molecule has 0 aliphatic heterocycles. The molecule has 3 aromatic rings. The number of hydrogen-bond acceptors (Lipinski definition) is 6. The van der Waals surface area contributed by atoms with Gasteiger partial charge in [0.05, 0.1) is 22.4 Å². The first-order valence-corrected chi connectivity index (χ1v) is 10.6. The number of hydrogen-bond donors (Lipinski definition) is 3. The summed E-state index contributed by atoms with van der Waals surface area (Å²) < 4.78 is 39.2. The molecule has 0 radical (unpaired) electrons. The topological polar surface area (TPSA) is 73.3 Å². The summed E-state index contributed by atoms with van der Waals surface area (Å²) in [6, 6.07) is 14.3. The molecule has 0 aliphatic rings. The Kier molecular flexibility index (Phi) is 8.12. The fourth-order valence-electron chi connectivity index (χ4n) is 3.05. The third kappa shape index (κ3) is 7.05. The zero-order chi connectivity index (χ0) is 24.0. The Morgan fingerprint density at radius 2 is 1.76 bits per heavy atom. The number of alkyl halides is 3. The number of aliphatic hydroxyl groups is 1. The summed E-state index contributed by atoms with van der Waals surface area (Å²) in [5, 5.41) is 16.2. The van der Waals surface area contributed by atoms with Crippen LogP contribution in [-0.4, -0.2) is 53.7 Å². The average Bonchev–Trinajstić information content (AvgIpc) is 2.76. The minimum atomic E-state index is -4.54. The van der Waals surface area contributed by atoms with E-state index in [2.05, 4.69) is 20.6 Å². The summed E-state index contributed by atoms with van der Waals surface area (Å²) >= 11 is 5.90. The Balaban J connectivity index is 1.86. The predicted octanol–water partition coefficient (Wildman–Crippen LogP) is 4.93. The summed E-state index contributed by atoms with van der Waals surface area (Å²) in [7, 11) is 3.86. The van der Waals surface area contributed by atoms with Crippen molar-refractivity contribution in [3.63, 3.8) is 0 Å². The van der Waals surface area contributed by atoms with E-state index >= 15 is 0 Å². The van der Waals surface area contributed by atoms with Crippen molar-refractivity contribution in [1.82, 2.24) is 14.9 Å². The SMILES string of the molecule is CN(C)CCNc1nc(NCC(O)c2ccccc2)cc(-c2ccc(C(F)(F)F)c(Cl)c2)n1. The molecule has 1 aromatic heterocycles. The maximum atomic E-state index is 13.1. The maximum absolute atomic E-state index is 13.1. The summed E-state index contributed by atoms with van der Waals surface area (Å²) in [5.74, 6) is 0.723. The van der Waals surface area contributed by atoms with Crippen LogP contribution in [0.2, 0.25) is 5.02 Å². The van der Waals surface area contributed by atoms with Crippen molar-refractivity contribution >= 4 is 23.4 Å². The number of likely N-dealkylation sites (N-methyl/N-ethyl adjacent to an activating group) is 1. The van der Waals surface area contributed by atoms with E-state index in [-0.39, 0.29) is 6.54 Å². The van der Waals surface area contributed by atoms with Gasteiger partial charge < -0.3 is 20.6 Å². The number of benzene rings is 2. The second-order valence-electron chi connectivity index (χ2n) is 7.69. The zero-order valence-corrected chi connectivity index (χ0v) is 19.0. The van der Waals surface area contributed by atoms with Gasteiger partial charge in [0, 0.05) is 31.3 Å². The molecule has 0 fully saturated rings. The highest BCUT2D eigenvalue weighted by molar-refractivity contribution is 6.31. The van der Waals surface area contributed by atoms with Gasteiger partial charge in [0.15, 0.2) is 0 Å². The average molecular weight is 480 g/mol. The molecule has 10 heteroatoms. The van der Waals surface area contributed by atoms with Crippen LogP contribution in [0.5, 0.6) is 0 Å². The lowest BCUT2D eigenvalue weighted by molar-refractivity contribution is -0.137. The number of aliphatic hydroxyl groups excluding tert-OH is 1. The van der Waals surface area contributed by atoms with Crippen molar-refractivity contribution in [3.05, 3.63) is 70.7 Å². The fourth-order valence-corrected chi connectivity index (χ4v) is 3.34. The van der Waals surface area contributed by atoms with Gasteiger partial charge >= 0.3 is 6.18 Å². The number of rotatable bonds is 9. The number of nitrogens with one attached hydrogen (secondary N) is 2. The molecule has 176 valence electrons. The lowest BCUT2D eigenvalue weighted by Gasteiger charge is -2.16. The van der Waals surface area contributed by atoms with Gasteiger partial charge in [0.2, 0.25) is 5.95 Å². The summed E-state index contributed by atoms with van der Waals surface area (Å²) in [5.41, 5.74) is 0.649. The van der Waals surface area contributed by atoms with Crippen molar-refractivity contribution in [3.8, 4) is 11.3 Å². The van der Waals surface area contributed by atoms with Crippen LogP contribution < -0.4 is 10.6 Å². The minimum absolute atomic E-state index is 0.186. The largest absolute Gasteiger partial charge is 0.417 e. The van der Waals surface area contributed by atoms with Crippen LogP contribution in [0.4, 0.5) is 24.9 Å². The molecule has 3 N–H and O–H groups in total. The van der Waals surface area contributed by atoms with Crippen molar-refractivity contribution in [2.75, 3.05) is 44.4 Å². The predicted molar refractivity (Wildman–Crippen MR) is 124 cm³/mol. The standard InChI is InChI=1S/C23H25ClF3N5O/c1-32(2)11-10-28-22-30-19(16-8-9-17(18(24)12-16)23(25,26)27)13-21(31-22)29-14-20(33)15-6-4-3-5-7-15/h3-9,12-13,20,33H,10-11,14H2,1-2H3,(H2,28,29,30,31). The monoisotopic (exact) mass is 479 g/mol. The van der Waals surface area contributed by atoms with Crippen molar-refractivity contribution < 1.29 is 18.3 Å². The number of anilines is 2. The summed E-state index contributed by atoms with van der Waals surface area (Å²) in [4.78, 5) is 10.8. The van der Waals surface area contributed by atoms with E-state index in [0.717, 1.165) is 18.2 Å². The Labute approximate surface area is 195 Å². The quantitative estimate of drug-likeness (QED) is 0.404. The van der Waals surface area contributed by atoms with E-state index in [4.69, 9.17) is 11.6 Å². The number of nitrogens with zero attached hydrogens (tertiary/aromatic N) is 3. The smallest absolute Gasteiger partial charge is 0.387 e. The molecule has 0 aliphatic carbocycles. The first kappa shape index (κ1) is 24.8. The molecular weight excluding hydrogens is 455 g/mol. The molecule has 1 atom stereocenters. The van der Waals surface area contributed by atoms with Crippen molar-refractivity contribution in [2.24, 2.45) is 0 Å². The number of halogens is 4. The second-order valence-corrected chi connectivity index (χ2v) is 8.10. The second kappa shape index (κ2) is 10.8. The normalized spacial score (nSPS) is 12.6. The molecule has 0 saturated carbocycles. The molecule has 1 unspecified atom stereocenters.